The standard InChI is InChI=1S/C20H21F2N3O2/c21-13-7-14(22)9-15(8-13)25-18(23-17(24-25)16-3-1-6-26-16)20-10-12(20)11-27-19(20)4-2-5-19/h7-9,12,16H,1-6,10-11H2/t12-,16?,20+/m1/s1. The summed E-state index contributed by atoms with van der Waals surface area (Å²) in [5.74, 6) is 0.595. The van der Waals surface area contributed by atoms with Gasteiger partial charge in [0.2, 0.25) is 0 Å². The summed E-state index contributed by atoms with van der Waals surface area (Å²) in [7, 11) is 0. The third-order valence-electron chi connectivity index (χ3n) is 6.97. The van der Waals surface area contributed by atoms with Crippen LogP contribution in [0.3, 0.4) is 0 Å². The Morgan fingerprint density at radius 3 is 2.56 bits per heavy atom. The Morgan fingerprint density at radius 2 is 1.93 bits per heavy atom. The maximum Gasteiger partial charge on any atom is 0.180 e. The van der Waals surface area contributed by atoms with Crippen LogP contribution in [-0.4, -0.2) is 33.6 Å². The molecule has 27 heavy (non-hydrogen) atoms. The van der Waals surface area contributed by atoms with Gasteiger partial charge in [-0.25, -0.2) is 18.4 Å². The minimum Gasteiger partial charge on any atom is -0.374 e. The average Bonchev–Trinajstić information content (AvgIpc) is 3.05. The predicted octanol–water partition coefficient (Wildman–Crippen LogP) is 3.61. The molecule has 1 aromatic heterocycles. The first-order chi connectivity index (χ1) is 13.1. The summed E-state index contributed by atoms with van der Waals surface area (Å²) >= 11 is 0. The number of ether oxygens (including phenoxy) is 2. The Labute approximate surface area is 155 Å². The Kier molecular flexibility index (Phi) is 3.20. The molecule has 2 saturated carbocycles. The van der Waals surface area contributed by atoms with Gasteiger partial charge in [0, 0.05) is 12.7 Å². The second-order valence-electron chi connectivity index (χ2n) is 8.37. The van der Waals surface area contributed by atoms with Gasteiger partial charge in [-0.3, -0.25) is 0 Å². The molecule has 3 heterocycles. The van der Waals surface area contributed by atoms with Crippen molar-refractivity contribution in [1.29, 1.82) is 0 Å². The molecule has 0 amide bonds. The molecule has 3 atom stereocenters. The van der Waals surface area contributed by atoms with Crippen molar-refractivity contribution in [3.63, 3.8) is 0 Å². The SMILES string of the molecule is Fc1cc(F)cc(-n2nc(C3CCCO3)nc2[C@]23C[C@@H]2COC32CCC2)c1. The van der Waals surface area contributed by atoms with Gasteiger partial charge < -0.3 is 9.47 Å². The zero-order valence-electron chi connectivity index (χ0n) is 15.0. The number of hydrogen-bond donors (Lipinski definition) is 0. The first-order valence-electron chi connectivity index (χ1n) is 9.81. The second-order valence-corrected chi connectivity index (χ2v) is 8.37. The topological polar surface area (TPSA) is 49.2 Å². The highest BCUT2D eigenvalue weighted by atomic mass is 19.1. The van der Waals surface area contributed by atoms with Crippen LogP contribution in [0.25, 0.3) is 5.69 Å². The molecule has 0 radical (unpaired) electrons. The number of rotatable bonds is 3. The van der Waals surface area contributed by atoms with Crippen molar-refractivity contribution in [2.45, 2.75) is 55.6 Å². The van der Waals surface area contributed by atoms with E-state index in [1.54, 1.807) is 4.68 Å². The summed E-state index contributed by atoms with van der Waals surface area (Å²) in [5, 5.41) is 4.68. The van der Waals surface area contributed by atoms with E-state index in [0.717, 1.165) is 57.0 Å². The van der Waals surface area contributed by atoms with Crippen molar-refractivity contribution in [3.8, 4) is 5.69 Å². The van der Waals surface area contributed by atoms with Crippen LogP contribution < -0.4 is 0 Å². The van der Waals surface area contributed by atoms with E-state index in [-0.39, 0.29) is 17.1 Å². The zero-order chi connectivity index (χ0) is 18.2. The van der Waals surface area contributed by atoms with Crippen LogP contribution in [0.5, 0.6) is 0 Å². The van der Waals surface area contributed by atoms with Crippen LogP contribution in [0, 0.1) is 17.6 Å². The number of fused-ring (bicyclic) bond motifs is 2. The summed E-state index contributed by atoms with van der Waals surface area (Å²) in [6, 6.07) is 3.51. The lowest BCUT2D eigenvalue weighted by molar-refractivity contribution is -0.0930. The minimum absolute atomic E-state index is 0.142. The van der Waals surface area contributed by atoms with Gasteiger partial charge in [-0.05, 0) is 56.6 Å². The van der Waals surface area contributed by atoms with Gasteiger partial charge in [-0.15, -0.1) is 5.10 Å². The fraction of sp³-hybridized carbons (Fsp3) is 0.600. The quantitative estimate of drug-likeness (QED) is 0.825. The maximum atomic E-state index is 13.9. The van der Waals surface area contributed by atoms with E-state index in [0.29, 0.717) is 24.0 Å². The Balaban J connectivity index is 1.52. The molecule has 1 aromatic carbocycles. The first-order valence-corrected chi connectivity index (χ1v) is 9.81. The number of benzene rings is 1. The highest BCUT2D eigenvalue weighted by Gasteiger charge is 2.76. The predicted molar refractivity (Wildman–Crippen MR) is 91.5 cm³/mol. The van der Waals surface area contributed by atoms with E-state index in [4.69, 9.17) is 14.5 Å². The van der Waals surface area contributed by atoms with Crippen molar-refractivity contribution in [3.05, 3.63) is 41.5 Å². The van der Waals surface area contributed by atoms with Crippen molar-refractivity contribution >= 4 is 0 Å². The molecular formula is C20H21F2N3O2. The molecule has 0 N–H and O–H groups in total. The molecule has 1 unspecified atom stereocenters. The third-order valence-corrected chi connectivity index (χ3v) is 6.97. The average molecular weight is 373 g/mol. The normalized spacial score (nSPS) is 33.3. The first kappa shape index (κ1) is 16.1. The lowest BCUT2D eigenvalue weighted by Gasteiger charge is -2.44. The van der Waals surface area contributed by atoms with Gasteiger partial charge in [-0.1, -0.05) is 0 Å². The van der Waals surface area contributed by atoms with Gasteiger partial charge in [0.25, 0.3) is 0 Å². The smallest absolute Gasteiger partial charge is 0.180 e. The number of aromatic nitrogens is 3. The molecule has 4 fully saturated rings. The number of halogens is 2. The van der Waals surface area contributed by atoms with Gasteiger partial charge in [0.15, 0.2) is 5.82 Å². The molecule has 142 valence electrons. The van der Waals surface area contributed by atoms with E-state index < -0.39 is 11.6 Å². The third kappa shape index (κ3) is 2.10. The molecule has 4 aliphatic rings. The molecule has 1 spiro atoms. The summed E-state index contributed by atoms with van der Waals surface area (Å²) in [6.45, 7) is 1.43. The zero-order valence-corrected chi connectivity index (χ0v) is 15.0. The van der Waals surface area contributed by atoms with Crippen LogP contribution in [0.15, 0.2) is 18.2 Å². The van der Waals surface area contributed by atoms with Crippen LogP contribution in [0.4, 0.5) is 8.78 Å². The minimum atomic E-state index is -0.615. The summed E-state index contributed by atoms with van der Waals surface area (Å²) in [5.41, 5.74) is 0.0145. The Bertz CT molecular complexity index is 900. The van der Waals surface area contributed by atoms with Crippen molar-refractivity contribution in [2.24, 2.45) is 5.92 Å². The largest absolute Gasteiger partial charge is 0.374 e. The second kappa shape index (κ2) is 5.35. The van der Waals surface area contributed by atoms with E-state index >= 15 is 0 Å². The van der Waals surface area contributed by atoms with Crippen LogP contribution >= 0.6 is 0 Å². The van der Waals surface area contributed by atoms with Crippen molar-refractivity contribution in [1.82, 2.24) is 14.8 Å². The fourth-order valence-corrected chi connectivity index (χ4v) is 5.42. The summed E-state index contributed by atoms with van der Waals surface area (Å²) < 4.78 is 41.5. The van der Waals surface area contributed by atoms with Gasteiger partial charge in [-0.2, -0.15) is 0 Å². The lowest BCUT2D eigenvalue weighted by atomic mass is 9.68. The molecule has 0 bridgehead atoms. The molecule has 2 aromatic rings. The maximum absolute atomic E-state index is 13.9. The van der Waals surface area contributed by atoms with E-state index in [2.05, 4.69) is 5.10 Å². The molecule has 5 nitrogen and oxygen atoms in total. The molecule has 2 aliphatic heterocycles. The molecule has 7 heteroatoms. The van der Waals surface area contributed by atoms with Gasteiger partial charge in [0.05, 0.1) is 23.3 Å². The highest BCUT2D eigenvalue weighted by molar-refractivity contribution is 5.42. The number of hydrogen-bond acceptors (Lipinski definition) is 4. The Morgan fingerprint density at radius 1 is 1.11 bits per heavy atom. The van der Waals surface area contributed by atoms with E-state index in [9.17, 15) is 8.78 Å². The molecule has 2 aliphatic carbocycles. The van der Waals surface area contributed by atoms with Gasteiger partial charge in [0.1, 0.15) is 23.6 Å². The molecule has 2 saturated heterocycles. The van der Waals surface area contributed by atoms with Crippen LogP contribution in [0.2, 0.25) is 0 Å². The van der Waals surface area contributed by atoms with Crippen LogP contribution in [0.1, 0.15) is 56.3 Å². The monoisotopic (exact) mass is 373 g/mol. The van der Waals surface area contributed by atoms with Crippen LogP contribution in [-0.2, 0) is 14.9 Å². The van der Waals surface area contributed by atoms with Gasteiger partial charge >= 0.3 is 0 Å². The fourth-order valence-electron chi connectivity index (χ4n) is 5.42. The van der Waals surface area contributed by atoms with E-state index in [1.807, 2.05) is 0 Å². The number of nitrogens with zero attached hydrogens (tertiary/aromatic N) is 3. The summed E-state index contributed by atoms with van der Waals surface area (Å²) in [4.78, 5) is 4.90. The van der Waals surface area contributed by atoms with Crippen molar-refractivity contribution < 1.29 is 18.3 Å². The molecular weight excluding hydrogens is 352 g/mol. The van der Waals surface area contributed by atoms with E-state index in [1.165, 1.54) is 12.1 Å². The summed E-state index contributed by atoms with van der Waals surface area (Å²) in [6.07, 6.45) is 5.90. The Hall–Kier alpha value is -1.86. The van der Waals surface area contributed by atoms with Crippen molar-refractivity contribution in [2.75, 3.05) is 13.2 Å². The molecule has 6 rings (SSSR count). The lowest BCUT2D eigenvalue weighted by Crippen LogP contribution is -2.49. The highest BCUT2D eigenvalue weighted by Crippen LogP contribution is 2.71.